The highest BCUT2D eigenvalue weighted by Crippen LogP contribution is 2.41. The fourth-order valence-corrected chi connectivity index (χ4v) is 4.21. The molecule has 0 aliphatic heterocycles. The molecule has 0 aliphatic carbocycles. The number of aromatic amines is 2. The molecule has 3 nitrogen and oxygen atoms in total. The Labute approximate surface area is 176 Å². The predicted molar refractivity (Wildman–Crippen MR) is 116 cm³/mol. The number of fused-ring (bicyclic) bond motifs is 2. The van der Waals surface area contributed by atoms with Crippen LogP contribution in [0.5, 0.6) is 5.75 Å². The Hall–Kier alpha value is -3.67. The highest BCUT2D eigenvalue weighted by atomic mass is 19.4. The Kier molecular flexibility index (Phi) is 4.50. The SMILES string of the molecule is COc1ccc2[nH]cc(C(c3ccc(C(F)(F)F)cc3)c3c[nH]c4ccccc34)c2c1. The van der Waals surface area contributed by atoms with Crippen LogP contribution >= 0.6 is 0 Å². The first-order chi connectivity index (χ1) is 15.0. The maximum atomic E-state index is 13.1. The summed E-state index contributed by atoms with van der Waals surface area (Å²) in [6, 6.07) is 19.1. The summed E-state index contributed by atoms with van der Waals surface area (Å²) in [5, 5.41) is 2.00. The molecule has 0 amide bonds. The molecule has 31 heavy (non-hydrogen) atoms. The van der Waals surface area contributed by atoms with Gasteiger partial charge in [-0.1, -0.05) is 30.3 Å². The Morgan fingerprint density at radius 3 is 2.10 bits per heavy atom. The molecule has 5 rings (SSSR count). The van der Waals surface area contributed by atoms with Crippen molar-refractivity contribution < 1.29 is 17.9 Å². The molecule has 0 radical (unpaired) electrons. The zero-order valence-corrected chi connectivity index (χ0v) is 16.6. The Bertz CT molecular complexity index is 1360. The van der Waals surface area contributed by atoms with Gasteiger partial charge in [0.1, 0.15) is 5.75 Å². The summed E-state index contributed by atoms with van der Waals surface area (Å²) in [5.74, 6) is 0.456. The fraction of sp³-hybridized carbons (Fsp3) is 0.120. The van der Waals surface area contributed by atoms with Gasteiger partial charge >= 0.3 is 6.18 Å². The predicted octanol–water partition coefficient (Wildman–Crippen LogP) is 6.86. The number of ether oxygens (including phenoxy) is 1. The number of rotatable bonds is 4. The molecule has 2 heterocycles. The highest BCUT2D eigenvalue weighted by Gasteiger charge is 2.31. The topological polar surface area (TPSA) is 40.8 Å². The molecule has 2 aromatic heterocycles. The Morgan fingerprint density at radius 1 is 0.774 bits per heavy atom. The molecule has 1 atom stereocenters. The molecular weight excluding hydrogens is 401 g/mol. The lowest BCUT2D eigenvalue weighted by Gasteiger charge is -2.18. The fourth-order valence-electron chi connectivity index (χ4n) is 4.21. The van der Waals surface area contributed by atoms with E-state index in [4.69, 9.17) is 4.74 Å². The molecule has 1 unspecified atom stereocenters. The maximum Gasteiger partial charge on any atom is 0.416 e. The summed E-state index contributed by atoms with van der Waals surface area (Å²) in [6.07, 6.45) is -0.511. The summed E-state index contributed by atoms with van der Waals surface area (Å²) in [4.78, 5) is 6.58. The number of hydrogen-bond donors (Lipinski definition) is 2. The van der Waals surface area contributed by atoms with Crippen LogP contribution in [0.25, 0.3) is 21.8 Å². The Balaban J connectivity index is 1.74. The number of alkyl halides is 3. The normalized spacial score (nSPS) is 13.0. The van der Waals surface area contributed by atoms with Crippen LogP contribution < -0.4 is 4.74 Å². The van der Waals surface area contributed by atoms with E-state index in [1.807, 2.05) is 54.9 Å². The third-order valence-corrected chi connectivity index (χ3v) is 5.74. The van der Waals surface area contributed by atoms with Gasteiger partial charge < -0.3 is 14.7 Å². The average Bonchev–Trinajstić information content (AvgIpc) is 3.38. The van der Waals surface area contributed by atoms with Gasteiger partial charge in [-0.05, 0) is 53.1 Å². The molecule has 2 N–H and O–H groups in total. The van der Waals surface area contributed by atoms with E-state index in [9.17, 15) is 13.2 Å². The summed E-state index contributed by atoms with van der Waals surface area (Å²) < 4.78 is 44.8. The van der Waals surface area contributed by atoms with Crippen molar-refractivity contribution in [1.29, 1.82) is 0 Å². The van der Waals surface area contributed by atoms with Crippen LogP contribution in [0.2, 0.25) is 0 Å². The van der Waals surface area contributed by atoms with Crippen molar-refractivity contribution in [2.24, 2.45) is 0 Å². The molecule has 3 aromatic carbocycles. The number of benzene rings is 3. The summed E-state index contributed by atoms with van der Waals surface area (Å²) in [5.41, 5.74) is 4.01. The summed E-state index contributed by atoms with van der Waals surface area (Å²) >= 11 is 0. The Morgan fingerprint density at radius 2 is 1.42 bits per heavy atom. The van der Waals surface area contributed by atoms with E-state index in [1.54, 1.807) is 19.2 Å². The number of nitrogens with one attached hydrogen (secondary N) is 2. The van der Waals surface area contributed by atoms with Crippen LogP contribution in [0.15, 0.2) is 79.1 Å². The lowest BCUT2D eigenvalue weighted by molar-refractivity contribution is -0.137. The largest absolute Gasteiger partial charge is 0.497 e. The number of halogens is 3. The first-order valence-corrected chi connectivity index (χ1v) is 9.84. The standard InChI is InChI=1S/C25H19F3N2O/c1-31-17-10-11-23-19(12-17)21(14-30-23)24(15-6-8-16(9-7-15)25(26,27)28)20-13-29-22-5-3-2-4-18(20)22/h2-14,24,29-30H,1H3. The van der Waals surface area contributed by atoms with Gasteiger partial charge in [-0.15, -0.1) is 0 Å². The summed E-state index contributed by atoms with van der Waals surface area (Å²) in [6.45, 7) is 0. The highest BCUT2D eigenvalue weighted by molar-refractivity contribution is 5.89. The number of methoxy groups -OCH3 is 1. The van der Waals surface area contributed by atoms with Crippen molar-refractivity contribution in [1.82, 2.24) is 9.97 Å². The van der Waals surface area contributed by atoms with Crippen LogP contribution in [-0.4, -0.2) is 17.1 Å². The quantitative estimate of drug-likeness (QED) is 0.328. The second kappa shape index (κ2) is 7.23. The summed E-state index contributed by atoms with van der Waals surface area (Å²) in [7, 11) is 1.61. The lowest BCUT2D eigenvalue weighted by atomic mass is 9.84. The van der Waals surface area contributed by atoms with Crippen LogP contribution in [0.3, 0.4) is 0 Å². The van der Waals surface area contributed by atoms with Gasteiger partial charge in [0.15, 0.2) is 0 Å². The molecule has 5 aromatic rings. The monoisotopic (exact) mass is 420 g/mol. The van der Waals surface area contributed by atoms with E-state index in [2.05, 4.69) is 9.97 Å². The van der Waals surface area contributed by atoms with Crippen molar-refractivity contribution in [3.63, 3.8) is 0 Å². The smallest absolute Gasteiger partial charge is 0.416 e. The lowest BCUT2D eigenvalue weighted by Crippen LogP contribution is -2.07. The van der Waals surface area contributed by atoms with E-state index in [0.29, 0.717) is 0 Å². The van der Waals surface area contributed by atoms with Crippen LogP contribution in [0.4, 0.5) is 13.2 Å². The molecule has 0 spiro atoms. The zero-order valence-electron chi connectivity index (χ0n) is 16.6. The second-order valence-electron chi connectivity index (χ2n) is 7.50. The van der Waals surface area contributed by atoms with E-state index >= 15 is 0 Å². The van der Waals surface area contributed by atoms with Gasteiger partial charge in [-0.2, -0.15) is 13.2 Å². The van der Waals surface area contributed by atoms with Crippen LogP contribution in [0.1, 0.15) is 28.2 Å². The van der Waals surface area contributed by atoms with Crippen molar-refractivity contribution in [3.05, 3.63) is 101 Å². The average molecular weight is 420 g/mol. The third kappa shape index (κ3) is 3.34. The van der Waals surface area contributed by atoms with Gasteiger partial charge in [0.25, 0.3) is 0 Å². The number of aromatic nitrogens is 2. The minimum atomic E-state index is -4.37. The van der Waals surface area contributed by atoms with Gasteiger partial charge in [0, 0.05) is 40.1 Å². The van der Waals surface area contributed by atoms with Crippen LogP contribution in [-0.2, 0) is 6.18 Å². The first-order valence-electron chi connectivity index (χ1n) is 9.84. The minimum Gasteiger partial charge on any atom is -0.497 e. The molecule has 0 saturated heterocycles. The van der Waals surface area contributed by atoms with E-state index in [-0.39, 0.29) is 5.92 Å². The van der Waals surface area contributed by atoms with Crippen molar-refractivity contribution in [2.75, 3.05) is 7.11 Å². The van der Waals surface area contributed by atoms with E-state index < -0.39 is 11.7 Å². The minimum absolute atomic E-state index is 0.265. The van der Waals surface area contributed by atoms with Crippen molar-refractivity contribution in [3.8, 4) is 5.75 Å². The van der Waals surface area contributed by atoms with Gasteiger partial charge in [0.05, 0.1) is 12.7 Å². The van der Waals surface area contributed by atoms with Gasteiger partial charge in [-0.3, -0.25) is 0 Å². The molecule has 0 aliphatic rings. The molecule has 0 bridgehead atoms. The number of H-pyrrole nitrogens is 2. The molecule has 6 heteroatoms. The van der Waals surface area contributed by atoms with Crippen molar-refractivity contribution >= 4 is 21.8 Å². The van der Waals surface area contributed by atoms with Gasteiger partial charge in [-0.25, -0.2) is 0 Å². The number of para-hydroxylation sites is 1. The molecule has 0 fully saturated rings. The molecule has 156 valence electrons. The first kappa shape index (κ1) is 19.3. The van der Waals surface area contributed by atoms with Gasteiger partial charge in [0.2, 0.25) is 0 Å². The third-order valence-electron chi connectivity index (χ3n) is 5.74. The van der Waals surface area contributed by atoms with E-state index in [0.717, 1.165) is 56.4 Å². The number of hydrogen-bond acceptors (Lipinski definition) is 1. The zero-order chi connectivity index (χ0) is 21.6. The van der Waals surface area contributed by atoms with Crippen molar-refractivity contribution in [2.45, 2.75) is 12.1 Å². The second-order valence-corrected chi connectivity index (χ2v) is 7.50. The molecular formula is C25H19F3N2O. The van der Waals surface area contributed by atoms with Crippen LogP contribution in [0, 0.1) is 0 Å². The molecule has 0 saturated carbocycles. The maximum absolute atomic E-state index is 13.1. The van der Waals surface area contributed by atoms with E-state index in [1.165, 1.54) is 0 Å².